The summed E-state index contributed by atoms with van der Waals surface area (Å²) in [6, 6.07) is 12.1. The molecular formula is C25H25F3N4O2. The number of aromatic nitrogens is 2. The van der Waals surface area contributed by atoms with E-state index in [0.717, 1.165) is 34.8 Å². The molecule has 0 unspecified atom stereocenters. The van der Waals surface area contributed by atoms with E-state index in [0.29, 0.717) is 37.5 Å². The maximum Gasteiger partial charge on any atom is 0.416 e. The normalized spacial score (nSPS) is 14.7. The van der Waals surface area contributed by atoms with Gasteiger partial charge in [0, 0.05) is 30.8 Å². The van der Waals surface area contributed by atoms with Crippen LogP contribution < -0.4 is 15.0 Å². The van der Waals surface area contributed by atoms with E-state index in [1.807, 2.05) is 32.0 Å². The van der Waals surface area contributed by atoms with Gasteiger partial charge in [0.1, 0.15) is 17.9 Å². The SMILES string of the molecule is Cc1cccc(Oc2cc(N3CCC(C(=O)Nc4ccc(C(F)(F)F)cc4)CC3)ncn2)c1C. The molecule has 1 aliphatic heterocycles. The Bertz CT molecular complexity index is 1160. The zero-order chi connectivity index (χ0) is 24.3. The molecule has 1 amide bonds. The number of halogens is 3. The van der Waals surface area contributed by atoms with Crippen LogP contribution in [-0.4, -0.2) is 29.0 Å². The van der Waals surface area contributed by atoms with Gasteiger partial charge in [-0.25, -0.2) is 9.97 Å². The van der Waals surface area contributed by atoms with Crippen molar-refractivity contribution in [3.63, 3.8) is 0 Å². The Labute approximate surface area is 195 Å². The van der Waals surface area contributed by atoms with Crippen LogP contribution in [0.3, 0.4) is 0 Å². The first-order valence-electron chi connectivity index (χ1n) is 11.0. The Morgan fingerprint density at radius 3 is 2.44 bits per heavy atom. The lowest BCUT2D eigenvalue weighted by Gasteiger charge is -2.32. The molecule has 2 aromatic carbocycles. The second-order valence-electron chi connectivity index (χ2n) is 8.34. The van der Waals surface area contributed by atoms with Crippen LogP contribution in [0.15, 0.2) is 54.9 Å². The Kier molecular flexibility index (Phi) is 6.72. The molecule has 1 fully saturated rings. The molecule has 0 aliphatic carbocycles. The second kappa shape index (κ2) is 9.70. The molecule has 4 rings (SSSR count). The summed E-state index contributed by atoms with van der Waals surface area (Å²) in [5, 5.41) is 2.72. The van der Waals surface area contributed by atoms with Gasteiger partial charge in [0.15, 0.2) is 0 Å². The molecule has 0 bridgehead atoms. The molecule has 34 heavy (non-hydrogen) atoms. The number of nitrogens with zero attached hydrogens (tertiary/aromatic N) is 3. The van der Waals surface area contributed by atoms with Crippen molar-refractivity contribution >= 4 is 17.4 Å². The quantitative estimate of drug-likeness (QED) is 0.514. The van der Waals surface area contributed by atoms with Gasteiger partial charge < -0.3 is 15.0 Å². The van der Waals surface area contributed by atoms with Crippen LogP contribution in [0.4, 0.5) is 24.7 Å². The molecule has 2 heterocycles. The number of rotatable bonds is 5. The van der Waals surface area contributed by atoms with E-state index < -0.39 is 11.7 Å². The minimum Gasteiger partial charge on any atom is -0.439 e. The Hall–Kier alpha value is -3.62. The number of alkyl halides is 3. The molecule has 1 saturated heterocycles. The number of aryl methyl sites for hydroxylation is 1. The molecule has 1 aromatic heterocycles. The summed E-state index contributed by atoms with van der Waals surface area (Å²) >= 11 is 0. The predicted octanol–water partition coefficient (Wildman–Crippen LogP) is 5.76. The number of hydrogen-bond acceptors (Lipinski definition) is 5. The monoisotopic (exact) mass is 470 g/mol. The van der Waals surface area contributed by atoms with Crippen LogP contribution in [0.2, 0.25) is 0 Å². The highest BCUT2D eigenvalue weighted by Crippen LogP contribution is 2.31. The van der Waals surface area contributed by atoms with E-state index in [2.05, 4.69) is 20.2 Å². The first-order chi connectivity index (χ1) is 16.2. The first kappa shape index (κ1) is 23.5. The smallest absolute Gasteiger partial charge is 0.416 e. The minimum atomic E-state index is -4.40. The number of carbonyl (C=O) groups is 1. The van der Waals surface area contributed by atoms with E-state index in [-0.39, 0.29) is 11.8 Å². The van der Waals surface area contributed by atoms with Gasteiger partial charge in [-0.05, 0) is 68.1 Å². The molecular weight excluding hydrogens is 445 g/mol. The molecule has 0 saturated carbocycles. The van der Waals surface area contributed by atoms with Gasteiger partial charge in [-0.1, -0.05) is 12.1 Å². The Balaban J connectivity index is 1.34. The number of benzene rings is 2. The van der Waals surface area contributed by atoms with Gasteiger partial charge in [-0.2, -0.15) is 13.2 Å². The predicted molar refractivity (Wildman–Crippen MR) is 123 cm³/mol. The van der Waals surface area contributed by atoms with Crippen molar-refractivity contribution in [3.8, 4) is 11.6 Å². The van der Waals surface area contributed by atoms with Gasteiger partial charge in [-0.15, -0.1) is 0 Å². The van der Waals surface area contributed by atoms with Crippen LogP contribution in [0.5, 0.6) is 11.6 Å². The van der Waals surface area contributed by atoms with Crippen LogP contribution in [0.25, 0.3) is 0 Å². The standard InChI is InChI=1S/C25H25F3N4O2/c1-16-4-3-5-21(17(16)2)34-23-14-22(29-15-30-23)32-12-10-18(11-13-32)24(33)31-20-8-6-19(7-9-20)25(26,27)28/h3-9,14-15,18H,10-13H2,1-2H3,(H,31,33). The molecule has 0 atom stereocenters. The lowest BCUT2D eigenvalue weighted by Crippen LogP contribution is -2.38. The fourth-order valence-electron chi connectivity index (χ4n) is 3.86. The van der Waals surface area contributed by atoms with Crippen molar-refractivity contribution in [2.24, 2.45) is 5.92 Å². The third kappa shape index (κ3) is 5.47. The fraction of sp³-hybridized carbons (Fsp3) is 0.320. The van der Waals surface area contributed by atoms with Crippen LogP contribution >= 0.6 is 0 Å². The van der Waals surface area contributed by atoms with E-state index in [9.17, 15) is 18.0 Å². The first-order valence-corrected chi connectivity index (χ1v) is 11.0. The number of hydrogen-bond donors (Lipinski definition) is 1. The van der Waals surface area contributed by atoms with Crippen molar-refractivity contribution < 1.29 is 22.7 Å². The van der Waals surface area contributed by atoms with Crippen LogP contribution in [-0.2, 0) is 11.0 Å². The maximum absolute atomic E-state index is 12.7. The number of ether oxygens (including phenoxy) is 1. The highest BCUT2D eigenvalue weighted by molar-refractivity contribution is 5.92. The van der Waals surface area contributed by atoms with E-state index in [1.54, 1.807) is 6.07 Å². The van der Waals surface area contributed by atoms with E-state index in [4.69, 9.17) is 4.74 Å². The molecule has 1 N–H and O–H groups in total. The molecule has 1 aliphatic rings. The summed E-state index contributed by atoms with van der Waals surface area (Å²) in [5.74, 6) is 1.48. The van der Waals surface area contributed by atoms with Gasteiger partial charge in [0.05, 0.1) is 5.56 Å². The number of anilines is 2. The summed E-state index contributed by atoms with van der Waals surface area (Å²) < 4.78 is 44.1. The van der Waals surface area contributed by atoms with E-state index in [1.165, 1.54) is 18.5 Å². The van der Waals surface area contributed by atoms with Gasteiger partial charge in [0.2, 0.25) is 11.8 Å². The number of nitrogens with one attached hydrogen (secondary N) is 1. The molecule has 0 spiro atoms. The van der Waals surface area contributed by atoms with Crippen molar-refractivity contribution in [3.05, 3.63) is 71.5 Å². The van der Waals surface area contributed by atoms with Gasteiger partial charge >= 0.3 is 6.18 Å². The summed E-state index contributed by atoms with van der Waals surface area (Å²) in [4.78, 5) is 23.3. The Morgan fingerprint density at radius 2 is 1.76 bits per heavy atom. The van der Waals surface area contributed by atoms with Crippen molar-refractivity contribution in [2.45, 2.75) is 32.9 Å². The number of amides is 1. The summed E-state index contributed by atoms with van der Waals surface area (Å²) in [6.45, 7) is 5.24. The lowest BCUT2D eigenvalue weighted by atomic mass is 9.95. The number of piperidine rings is 1. The molecule has 178 valence electrons. The van der Waals surface area contributed by atoms with Crippen molar-refractivity contribution in [1.29, 1.82) is 0 Å². The average molecular weight is 470 g/mol. The highest BCUT2D eigenvalue weighted by atomic mass is 19.4. The third-order valence-electron chi connectivity index (χ3n) is 6.07. The lowest BCUT2D eigenvalue weighted by molar-refractivity contribution is -0.137. The zero-order valence-corrected chi connectivity index (χ0v) is 18.9. The van der Waals surface area contributed by atoms with Crippen molar-refractivity contribution in [2.75, 3.05) is 23.3 Å². The average Bonchev–Trinajstić information content (AvgIpc) is 2.82. The fourth-order valence-corrected chi connectivity index (χ4v) is 3.86. The second-order valence-corrected chi connectivity index (χ2v) is 8.34. The molecule has 0 radical (unpaired) electrons. The van der Waals surface area contributed by atoms with E-state index >= 15 is 0 Å². The highest BCUT2D eigenvalue weighted by Gasteiger charge is 2.30. The summed E-state index contributed by atoms with van der Waals surface area (Å²) in [5.41, 5.74) is 1.78. The minimum absolute atomic E-state index is 0.193. The van der Waals surface area contributed by atoms with Crippen molar-refractivity contribution in [1.82, 2.24) is 9.97 Å². The molecule has 9 heteroatoms. The largest absolute Gasteiger partial charge is 0.439 e. The van der Waals surface area contributed by atoms with Crippen LogP contribution in [0, 0.1) is 19.8 Å². The summed E-state index contributed by atoms with van der Waals surface area (Å²) in [6.07, 6.45) is -1.74. The molecule has 3 aromatic rings. The van der Waals surface area contributed by atoms with Gasteiger partial charge in [-0.3, -0.25) is 4.79 Å². The Morgan fingerprint density at radius 1 is 1.06 bits per heavy atom. The topological polar surface area (TPSA) is 67.3 Å². The molecule has 6 nitrogen and oxygen atoms in total. The van der Waals surface area contributed by atoms with Gasteiger partial charge in [0.25, 0.3) is 0 Å². The number of carbonyl (C=O) groups excluding carboxylic acids is 1. The maximum atomic E-state index is 12.7. The summed E-state index contributed by atoms with van der Waals surface area (Å²) in [7, 11) is 0. The van der Waals surface area contributed by atoms with Crippen LogP contribution in [0.1, 0.15) is 29.5 Å². The zero-order valence-electron chi connectivity index (χ0n) is 18.9. The third-order valence-corrected chi connectivity index (χ3v) is 6.07.